The average Bonchev–Trinajstić information content (AvgIpc) is 2.67. The van der Waals surface area contributed by atoms with Crippen LogP contribution in [0.15, 0.2) is 29.2 Å². The fraction of sp³-hybridized carbons (Fsp3) is 0.650. The van der Waals surface area contributed by atoms with Crippen molar-refractivity contribution in [1.82, 2.24) is 19.8 Å². The van der Waals surface area contributed by atoms with Crippen LogP contribution in [0.1, 0.15) is 37.0 Å². The van der Waals surface area contributed by atoms with Crippen LogP contribution in [0.25, 0.3) is 0 Å². The highest BCUT2D eigenvalue weighted by Crippen LogP contribution is 2.11. The number of rotatable bonds is 10. The van der Waals surface area contributed by atoms with Crippen LogP contribution in [-0.2, 0) is 10.0 Å². The molecule has 8 heteroatoms. The molecular formula is C20H34N4O3S. The van der Waals surface area contributed by atoms with Crippen molar-refractivity contribution in [3.05, 3.63) is 29.8 Å². The van der Waals surface area contributed by atoms with Gasteiger partial charge in [-0.2, -0.15) is 0 Å². The predicted molar refractivity (Wildman–Crippen MR) is 112 cm³/mol. The third-order valence-corrected chi connectivity index (χ3v) is 6.33. The first kappa shape index (κ1) is 22.8. The Balaban J connectivity index is 1.71. The van der Waals surface area contributed by atoms with Crippen molar-refractivity contribution in [1.29, 1.82) is 0 Å². The summed E-state index contributed by atoms with van der Waals surface area (Å²) in [7, 11) is -1.38. The largest absolute Gasteiger partial charge is 0.352 e. The molecule has 1 saturated heterocycles. The normalized spacial score (nSPS) is 16.4. The molecule has 0 aromatic heterocycles. The van der Waals surface area contributed by atoms with Gasteiger partial charge in [-0.05, 0) is 56.6 Å². The Kier molecular flexibility index (Phi) is 8.88. The third kappa shape index (κ3) is 7.50. The van der Waals surface area contributed by atoms with Crippen LogP contribution in [0.4, 0.5) is 0 Å². The van der Waals surface area contributed by atoms with Crippen LogP contribution < -0.4 is 10.0 Å². The van der Waals surface area contributed by atoms with Gasteiger partial charge in [0.2, 0.25) is 10.0 Å². The van der Waals surface area contributed by atoms with Crippen LogP contribution in [0.5, 0.6) is 0 Å². The molecule has 158 valence electrons. The van der Waals surface area contributed by atoms with Crippen LogP contribution in [0, 0.1) is 5.92 Å². The van der Waals surface area contributed by atoms with Crippen molar-refractivity contribution in [3.63, 3.8) is 0 Å². The van der Waals surface area contributed by atoms with Crippen molar-refractivity contribution in [3.8, 4) is 0 Å². The topological polar surface area (TPSA) is 81.7 Å². The number of unbranched alkanes of at least 4 members (excludes halogenated alkanes) is 1. The van der Waals surface area contributed by atoms with E-state index in [0.29, 0.717) is 18.7 Å². The SMILES string of the molecule is CC(C)CNS(=O)(=O)c1ccc(C(=O)NCCCCN2CCN(C)CC2)cc1. The van der Waals surface area contributed by atoms with Gasteiger partial charge in [0.1, 0.15) is 0 Å². The summed E-state index contributed by atoms with van der Waals surface area (Å²) in [6, 6.07) is 6.07. The number of nitrogens with zero attached hydrogens (tertiary/aromatic N) is 2. The van der Waals surface area contributed by atoms with Gasteiger partial charge in [-0.15, -0.1) is 0 Å². The Bertz CT molecular complexity index is 711. The van der Waals surface area contributed by atoms with E-state index in [0.717, 1.165) is 45.6 Å². The molecule has 7 nitrogen and oxygen atoms in total. The molecule has 0 atom stereocenters. The first-order valence-corrected chi connectivity index (χ1v) is 11.5. The number of hydrogen-bond donors (Lipinski definition) is 2. The molecule has 28 heavy (non-hydrogen) atoms. The lowest BCUT2D eigenvalue weighted by Crippen LogP contribution is -2.44. The molecule has 1 amide bonds. The molecule has 1 heterocycles. The Labute approximate surface area is 169 Å². The zero-order chi connectivity index (χ0) is 20.6. The van der Waals surface area contributed by atoms with E-state index in [1.807, 2.05) is 13.8 Å². The summed E-state index contributed by atoms with van der Waals surface area (Å²) in [5.74, 6) is 0.0646. The minimum Gasteiger partial charge on any atom is -0.352 e. The lowest BCUT2D eigenvalue weighted by atomic mass is 10.2. The number of carbonyl (C=O) groups excluding carboxylic acids is 1. The summed E-state index contributed by atoms with van der Waals surface area (Å²) in [5.41, 5.74) is 0.474. The molecule has 1 aromatic carbocycles. The fourth-order valence-electron chi connectivity index (χ4n) is 2.98. The van der Waals surface area contributed by atoms with Crippen molar-refractivity contribution >= 4 is 15.9 Å². The molecule has 0 aliphatic carbocycles. The van der Waals surface area contributed by atoms with E-state index in [4.69, 9.17) is 0 Å². The van der Waals surface area contributed by atoms with Crippen molar-refractivity contribution in [2.45, 2.75) is 31.6 Å². The third-order valence-electron chi connectivity index (χ3n) is 4.89. The van der Waals surface area contributed by atoms with E-state index >= 15 is 0 Å². The van der Waals surface area contributed by atoms with E-state index in [-0.39, 0.29) is 16.7 Å². The molecule has 1 fully saturated rings. The van der Waals surface area contributed by atoms with Gasteiger partial charge in [-0.25, -0.2) is 13.1 Å². The smallest absolute Gasteiger partial charge is 0.251 e. The standard InChI is InChI=1S/C20H34N4O3S/c1-17(2)16-22-28(26,27)19-8-6-18(7-9-19)20(25)21-10-4-5-11-24-14-12-23(3)13-15-24/h6-9,17,22H,4-5,10-16H2,1-3H3,(H,21,25). The van der Waals surface area contributed by atoms with Crippen molar-refractivity contribution in [2.24, 2.45) is 5.92 Å². The number of sulfonamides is 1. The maximum absolute atomic E-state index is 12.2. The van der Waals surface area contributed by atoms with Crippen molar-refractivity contribution < 1.29 is 13.2 Å². The van der Waals surface area contributed by atoms with Gasteiger partial charge in [0.25, 0.3) is 5.91 Å². The Morgan fingerprint density at radius 1 is 1.07 bits per heavy atom. The Hall–Kier alpha value is -1.48. The summed E-state index contributed by atoms with van der Waals surface area (Å²) in [5, 5.41) is 2.91. The molecule has 1 aliphatic heterocycles. The number of hydrogen-bond acceptors (Lipinski definition) is 5. The average molecular weight is 411 g/mol. The summed E-state index contributed by atoms with van der Waals surface area (Å²) in [6.07, 6.45) is 1.99. The summed E-state index contributed by atoms with van der Waals surface area (Å²) >= 11 is 0. The number of benzene rings is 1. The maximum Gasteiger partial charge on any atom is 0.251 e. The van der Waals surface area contributed by atoms with E-state index in [1.165, 1.54) is 12.1 Å². The molecule has 2 N–H and O–H groups in total. The number of carbonyl (C=O) groups is 1. The predicted octanol–water partition coefficient (Wildman–Crippen LogP) is 1.38. The second-order valence-electron chi connectivity index (χ2n) is 7.88. The zero-order valence-electron chi connectivity index (χ0n) is 17.3. The highest BCUT2D eigenvalue weighted by atomic mass is 32.2. The molecular weight excluding hydrogens is 376 g/mol. The lowest BCUT2D eigenvalue weighted by molar-refractivity contribution is 0.0951. The van der Waals surface area contributed by atoms with Crippen LogP contribution in [-0.4, -0.2) is 77.0 Å². The van der Waals surface area contributed by atoms with Crippen LogP contribution in [0.3, 0.4) is 0 Å². The van der Waals surface area contributed by atoms with Crippen LogP contribution >= 0.6 is 0 Å². The molecule has 0 unspecified atom stereocenters. The molecule has 0 spiro atoms. The first-order valence-electron chi connectivity index (χ1n) is 10.1. The van der Waals surface area contributed by atoms with Gasteiger partial charge in [-0.3, -0.25) is 4.79 Å². The Morgan fingerprint density at radius 2 is 1.71 bits per heavy atom. The monoisotopic (exact) mass is 410 g/mol. The molecule has 0 bridgehead atoms. The lowest BCUT2D eigenvalue weighted by Gasteiger charge is -2.32. The van der Waals surface area contributed by atoms with Gasteiger partial charge in [0, 0.05) is 44.8 Å². The van der Waals surface area contributed by atoms with Gasteiger partial charge >= 0.3 is 0 Å². The fourth-order valence-corrected chi connectivity index (χ4v) is 4.19. The van der Waals surface area contributed by atoms with E-state index in [2.05, 4.69) is 26.9 Å². The number of likely N-dealkylation sites (N-methyl/N-ethyl adjacent to an activating group) is 1. The zero-order valence-corrected chi connectivity index (χ0v) is 18.1. The second-order valence-corrected chi connectivity index (χ2v) is 9.65. The van der Waals surface area contributed by atoms with E-state index in [9.17, 15) is 13.2 Å². The molecule has 1 aliphatic rings. The molecule has 0 radical (unpaired) electrons. The first-order chi connectivity index (χ1) is 13.3. The molecule has 1 aromatic rings. The van der Waals surface area contributed by atoms with Gasteiger partial charge in [0.15, 0.2) is 0 Å². The molecule has 2 rings (SSSR count). The highest BCUT2D eigenvalue weighted by molar-refractivity contribution is 7.89. The van der Waals surface area contributed by atoms with Gasteiger partial charge in [0.05, 0.1) is 4.90 Å². The number of nitrogens with one attached hydrogen (secondary N) is 2. The van der Waals surface area contributed by atoms with Crippen molar-refractivity contribution in [2.75, 3.05) is 52.9 Å². The summed E-state index contributed by atoms with van der Waals surface area (Å²) in [4.78, 5) is 17.2. The maximum atomic E-state index is 12.2. The Morgan fingerprint density at radius 3 is 2.32 bits per heavy atom. The summed E-state index contributed by atoms with van der Waals surface area (Å²) in [6.45, 7) is 10.4. The highest BCUT2D eigenvalue weighted by Gasteiger charge is 2.15. The number of amides is 1. The summed E-state index contributed by atoms with van der Waals surface area (Å²) < 4.78 is 26.9. The van der Waals surface area contributed by atoms with Crippen LogP contribution in [0.2, 0.25) is 0 Å². The number of piperazine rings is 1. The van der Waals surface area contributed by atoms with Gasteiger partial charge < -0.3 is 15.1 Å². The molecule has 0 saturated carbocycles. The minimum atomic E-state index is -3.53. The minimum absolute atomic E-state index is 0.168. The van der Waals surface area contributed by atoms with E-state index < -0.39 is 10.0 Å². The quantitative estimate of drug-likeness (QED) is 0.570. The van der Waals surface area contributed by atoms with Gasteiger partial charge in [-0.1, -0.05) is 13.8 Å². The second kappa shape index (κ2) is 10.9. The van der Waals surface area contributed by atoms with E-state index in [1.54, 1.807) is 12.1 Å².